The monoisotopic (exact) mass is 289 g/mol. The second-order valence-corrected chi connectivity index (χ2v) is 6.71. The predicted molar refractivity (Wildman–Crippen MR) is 81.6 cm³/mol. The molecule has 0 spiro atoms. The molecule has 1 aromatic rings. The van der Waals surface area contributed by atoms with Crippen molar-refractivity contribution in [3.63, 3.8) is 0 Å². The van der Waals surface area contributed by atoms with E-state index in [0.717, 1.165) is 24.3 Å². The highest BCUT2D eigenvalue weighted by Gasteiger charge is 2.59. The molecular formula is C17H23NO3. The van der Waals surface area contributed by atoms with E-state index in [0.29, 0.717) is 23.6 Å². The molecule has 0 amide bonds. The van der Waals surface area contributed by atoms with Crippen LogP contribution in [0.15, 0.2) is 18.2 Å². The van der Waals surface area contributed by atoms with E-state index in [1.807, 2.05) is 25.1 Å². The van der Waals surface area contributed by atoms with E-state index in [2.05, 4.69) is 19.2 Å². The Morgan fingerprint density at radius 2 is 2.19 bits per heavy atom. The molecule has 21 heavy (non-hydrogen) atoms. The summed E-state index contributed by atoms with van der Waals surface area (Å²) in [6.45, 7) is 7.41. The molecule has 3 rings (SSSR count). The first-order valence-corrected chi connectivity index (χ1v) is 7.52. The maximum atomic E-state index is 11.6. The summed E-state index contributed by atoms with van der Waals surface area (Å²) < 4.78 is 10.6. The Kier molecular flexibility index (Phi) is 3.44. The lowest BCUT2D eigenvalue weighted by molar-refractivity contribution is -0.0923. The van der Waals surface area contributed by atoms with Crippen molar-refractivity contribution in [1.82, 2.24) is 0 Å². The van der Waals surface area contributed by atoms with Gasteiger partial charge in [-0.05, 0) is 37.1 Å². The second kappa shape index (κ2) is 5.02. The second-order valence-electron chi connectivity index (χ2n) is 6.71. The number of hydrogen-bond acceptors (Lipinski definition) is 4. The van der Waals surface area contributed by atoms with Gasteiger partial charge >= 0.3 is 5.97 Å². The van der Waals surface area contributed by atoms with Gasteiger partial charge in [0.2, 0.25) is 0 Å². The topological polar surface area (TPSA) is 47.6 Å². The first-order valence-electron chi connectivity index (χ1n) is 7.52. The van der Waals surface area contributed by atoms with E-state index in [-0.39, 0.29) is 11.4 Å². The molecular weight excluding hydrogens is 266 g/mol. The Hall–Kier alpha value is -1.55. The van der Waals surface area contributed by atoms with Gasteiger partial charge in [-0.2, -0.15) is 0 Å². The number of rotatable bonds is 3. The summed E-state index contributed by atoms with van der Waals surface area (Å²) in [4.78, 5) is 11.6. The quantitative estimate of drug-likeness (QED) is 0.869. The van der Waals surface area contributed by atoms with Gasteiger partial charge in [-0.15, -0.1) is 0 Å². The van der Waals surface area contributed by atoms with Crippen LogP contribution in [0.25, 0.3) is 0 Å². The molecule has 0 bridgehead atoms. The van der Waals surface area contributed by atoms with Crippen LogP contribution in [-0.4, -0.2) is 31.8 Å². The van der Waals surface area contributed by atoms with E-state index >= 15 is 0 Å². The predicted octanol–water partition coefficient (Wildman–Crippen LogP) is 3.01. The van der Waals surface area contributed by atoms with Crippen molar-refractivity contribution in [1.29, 1.82) is 0 Å². The minimum atomic E-state index is -0.294. The first-order chi connectivity index (χ1) is 9.95. The molecule has 2 fully saturated rings. The lowest BCUT2D eigenvalue weighted by Gasteiger charge is -2.55. The summed E-state index contributed by atoms with van der Waals surface area (Å²) >= 11 is 0. The van der Waals surface area contributed by atoms with Crippen molar-refractivity contribution < 1.29 is 14.3 Å². The number of carbonyl (C=O) groups is 1. The van der Waals surface area contributed by atoms with Gasteiger partial charge in [0.1, 0.15) is 0 Å². The summed E-state index contributed by atoms with van der Waals surface area (Å²) in [5.74, 6) is 0.303. The van der Waals surface area contributed by atoms with E-state index in [9.17, 15) is 4.79 Å². The molecule has 1 aliphatic carbocycles. The van der Waals surface area contributed by atoms with Crippen molar-refractivity contribution >= 4 is 11.7 Å². The zero-order chi connectivity index (χ0) is 15.2. The van der Waals surface area contributed by atoms with E-state index in [1.165, 1.54) is 7.11 Å². The average Bonchev–Trinajstić information content (AvgIpc) is 2.91. The molecule has 4 heteroatoms. The molecule has 0 radical (unpaired) electrons. The van der Waals surface area contributed by atoms with Crippen molar-refractivity contribution in [2.75, 3.05) is 19.0 Å². The van der Waals surface area contributed by atoms with Crippen LogP contribution in [0.2, 0.25) is 0 Å². The van der Waals surface area contributed by atoms with Crippen LogP contribution in [0, 0.1) is 18.3 Å². The number of nitrogens with one attached hydrogen (secondary N) is 1. The summed E-state index contributed by atoms with van der Waals surface area (Å²) in [7, 11) is 1.40. The highest BCUT2D eigenvalue weighted by atomic mass is 16.5. The van der Waals surface area contributed by atoms with Crippen molar-refractivity contribution in [2.24, 2.45) is 11.3 Å². The summed E-state index contributed by atoms with van der Waals surface area (Å²) in [5.41, 5.74) is 2.90. The van der Waals surface area contributed by atoms with Gasteiger partial charge in [-0.3, -0.25) is 0 Å². The average molecular weight is 289 g/mol. The van der Waals surface area contributed by atoms with Crippen LogP contribution in [0.3, 0.4) is 0 Å². The molecule has 1 saturated carbocycles. The number of carbonyl (C=O) groups excluding carboxylic acids is 1. The fourth-order valence-corrected chi connectivity index (χ4v) is 3.86. The SMILES string of the molecule is COC(=O)c1ccc(NC2C3CCOC3C2(C)C)c(C)c1. The van der Waals surface area contributed by atoms with E-state index in [1.54, 1.807) is 0 Å². The molecule has 3 unspecified atom stereocenters. The number of anilines is 1. The normalized spacial score (nSPS) is 29.4. The minimum absolute atomic E-state index is 0.147. The molecule has 1 N–H and O–H groups in total. The molecule has 3 atom stereocenters. The molecule has 114 valence electrons. The molecule has 0 aromatic heterocycles. The van der Waals surface area contributed by atoms with Crippen molar-refractivity contribution in [3.8, 4) is 0 Å². The van der Waals surface area contributed by atoms with Gasteiger partial charge in [0.05, 0.1) is 18.8 Å². The number of methoxy groups -OCH3 is 1. The third-order valence-electron chi connectivity index (χ3n) is 5.06. The third kappa shape index (κ3) is 2.22. The highest BCUT2D eigenvalue weighted by molar-refractivity contribution is 5.90. The number of benzene rings is 1. The summed E-state index contributed by atoms with van der Waals surface area (Å²) in [5, 5.41) is 3.66. The molecule has 1 heterocycles. The van der Waals surface area contributed by atoms with E-state index in [4.69, 9.17) is 9.47 Å². The van der Waals surface area contributed by atoms with Crippen LogP contribution in [0.5, 0.6) is 0 Å². The number of fused-ring (bicyclic) bond motifs is 1. The van der Waals surface area contributed by atoms with Crippen LogP contribution < -0.4 is 5.32 Å². The van der Waals surface area contributed by atoms with Crippen molar-refractivity contribution in [2.45, 2.75) is 39.3 Å². The van der Waals surface area contributed by atoms with Crippen molar-refractivity contribution in [3.05, 3.63) is 29.3 Å². The van der Waals surface area contributed by atoms with Crippen LogP contribution in [0.1, 0.15) is 36.2 Å². The van der Waals surface area contributed by atoms with E-state index < -0.39 is 0 Å². The van der Waals surface area contributed by atoms with Gasteiger partial charge in [0.15, 0.2) is 0 Å². The summed E-state index contributed by atoms with van der Waals surface area (Å²) in [6, 6.07) is 6.09. The Morgan fingerprint density at radius 3 is 2.86 bits per heavy atom. The van der Waals surface area contributed by atoms with Crippen LogP contribution in [-0.2, 0) is 9.47 Å². The lowest BCUT2D eigenvalue weighted by atomic mass is 9.57. The standard InChI is InChI=1S/C17H23NO3/c1-10-9-11(16(19)20-4)5-6-13(10)18-14-12-7-8-21-15(12)17(14,2)3/h5-6,9,12,14-15,18H,7-8H2,1-4H3. The molecule has 4 nitrogen and oxygen atoms in total. The Bertz CT molecular complexity index is 567. The van der Waals surface area contributed by atoms with Gasteiger partial charge in [0, 0.05) is 29.7 Å². The molecule has 1 saturated heterocycles. The fraction of sp³-hybridized carbons (Fsp3) is 0.588. The summed E-state index contributed by atoms with van der Waals surface area (Å²) in [6.07, 6.45) is 1.51. The van der Waals surface area contributed by atoms with Gasteiger partial charge in [0.25, 0.3) is 0 Å². The van der Waals surface area contributed by atoms with Crippen LogP contribution >= 0.6 is 0 Å². The molecule has 1 aromatic carbocycles. The molecule has 1 aliphatic heterocycles. The lowest BCUT2D eigenvalue weighted by Crippen LogP contribution is -2.63. The number of ether oxygens (including phenoxy) is 2. The smallest absolute Gasteiger partial charge is 0.337 e. The number of hydrogen-bond donors (Lipinski definition) is 1. The maximum Gasteiger partial charge on any atom is 0.337 e. The van der Waals surface area contributed by atoms with Gasteiger partial charge in [-0.1, -0.05) is 13.8 Å². The maximum absolute atomic E-state index is 11.6. The Labute approximate surface area is 125 Å². The van der Waals surface area contributed by atoms with Crippen LogP contribution in [0.4, 0.5) is 5.69 Å². The fourth-order valence-electron chi connectivity index (χ4n) is 3.86. The third-order valence-corrected chi connectivity index (χ3v) is 5.06. The first kappa shape index (κ1) is 14.4. The molecule has 2 aliphatic rings. The van der Waals surface area contributed by atoms with Gasteiger partial charge < -0.3 is 14.8 Å². The minimum Gasteiger partial charge on any atom is -0.465 e. The van der Waals surface area contributed by atoms with Gasteiger partial charge in [-0.25, -0.2) is 4.79 Å². The zero-order valence-electron chi connectivity index (χ0n) is 13.1. The zero-order valence-corrected chi connectivity index (χ0v) is 13.1. The largest absolute Gasteiger partial charge is 0.465 e. The number of esters is 1. The Balaban J connectivity index is 1.78. The Morgan fingerprint density at radius 1 is 1.43 bits per heavy atom. The number of aryl methyl sites for hydroxylation is 1. The highest BCUT2D eigenvalue weighted by Crippen LogP contribution is 2.53.